The lowest BCUT2D eigenvalue weighted by Gasteiger charge is -2.36. The summed E-state index contributed by atoms with van der Waals surface area (Å²) >= 11 is 0. The fraction of sp³-hybridized carbons (Fsp3) is 0.583. The number of fused-ring (bicyclic) bond motifs is 7. The van der Waals surface area contributed by atoms with Crippen molar-refractivity contribution in [2.45, 2.75) is 91.6 Å². The molecule has 2 atom stereocenters. The van der Waals surface area contributed by atoms with Crippen molar-refractivity contribution in [2.24, 2.45) is 5.41 Å². The first-order valence-corrected chi connectivity index (χ1v) is 16.3. The lowest BCUT2D eigenvalue weighted by atomic mass is 9.77. The number of carbonyl (C=O) groups is 1. The molecule has 0 unspecified atom stereocenters. The highest BCUT2D eigenvalue weighted by Crippen LogP contribution is 2.56. The zero-order valence-electron chi connectivity index (χ0n) is 27.3. The number of aromatic nitrogens is 1. The van der Waals surface area contributed by atoms with Gasteiger partial charge < -0.3 is 19.3 Å². The second kappa shape index (κ2) is 13.6. The average molecular weight is 576 g/mol. The summed E-state index contributed by atoms with van der Waals surface area (Å²) in [7, 11) is 6.05. The minimum absolute atomic E-state index is 0.0215. The SMILES string of the molecule is CC.CC.COc1ccc2c(c1)[C@@H]1N(CCN(C)C)CC[C@@]1(C)Cn1c-2c(C2CCCCC2)c2ccc(C(=O)O)cc21. The average Bonchev–Trinajstić information content (AvgIpc) is 3.48. The van der Waals surface area contributed by atoms with Crippen LogP contribution in [-0.2, 0) is 6.54 Å². The van der Waals surface area contributed by atoms with Crippen molar-refractivity contribution in [2.75, 3.05) is 40.8 Å². The van der Waals surface area contributed by atoms with Gasteiger partial charge in [0.2, 0.25) is 0 Å². The summed E-state index contributed by atoms with van der Waals surface area (Å²) in [6.07, 6.45) is 7.35. The fourth-order valence-electron chi connectivity index (χ4n) is 7.65. The highest BCUT2D eigenvalue weighted by Gasteiger charge is 2.48. The molecular formula is C36H53N3O3. The van der Waals surface area contributed by atoms with E-state index in [0.29, 0.717) is 11.5 Å². The largest absolute Gasteiger partial charge is 0.497 e. The van der Waals surface area contributed by atoms with E-state index in [1.54, 1.807) is 13.2 Å². The van der Waals surface area contributed by atoms with Crippen LogP contribution in [0.25, 0.3) is 22.2 Å². The lowest BCUT2D eigenvalue weighted by Crippen LogP contribution is -2.36. The molecule has 3 aliphatic rings. The highest BCUT2D eigenvalue weighted by atomic mass is 16.5. The standard InChI is InChI=1S/C32H41N3O3.2C2H6/c1-32-14-15-34(17-16-33(2)3)30(32)26-19-23(38-4)11-13-24(26)29-28(21-8-6-5-7-9-21)25-12-10-22(31(36)37)18-27(25)35(29)20-32;2*1-2/h10-13,18-19,21,30H,5-9,14-17,20H2,1-4H3,(H,36,37);2*1-2H3/t30-,32-;;/m0../s1. The normalized spacial score (nSPS) is 21.8. The van der Waals surface area contributed by atoms with E-state index < -0.39 is 5.97 Å². The number of carboxylic acid groups (broad SMARTS) is 1. The number of ether oxygens (including phenoxy) is 1. The van der Waals surface area contributed by atoms with Gasteiger partial charge in [0, 0.05) is 47.6 Å². The Morgan fingerprint density at radius 3 is 2.40 bits per heavy atom. The third kappa shape index (κ3) is 5.85. The van der Waals surface area contributed by atoms with Crippen LogP contribution < -0.4 is 4.74 Å². The van der Waals surface area contributed by atoms with Crippen molar-refractivity contribution in [1.29, 1.82) is 0 Å². The van der Waals surface area contributed by atoms with Gasteiger partial charge in [-0.05, 0) is 87.3 Å². The molecule has 6 rings (SSSR count). The van der Waals surface area contributed by atoms with Crippen molar-refractivity contribution in [3.05, 3.63) is 53.1 Å². The van der Waals surface area contributed by atoms with Crippen LogP contribution in [0, 0.1) is 5.41 Å². The van der Waals surface area contributed by atoms with Gasteiger partial charge in [-0.1, -0.05) is 59.9 Å². The van der Waals surface area contributed by atoms with Gasteiger partial charge in [0.15, 0.2) is 0 Å². The minimum Gasteiger partial charge on any atom is -0.497 e. The monoisotopic (exact) mass is 575 g/mol. The van der Waals surface area contributed by atoms with E-state index in [9.17, 15) is 9.90 Å². The molecule has 3 aromatic rings. The molecule has 0 radical (unpaired) electrons. The number of benzene rings is 2. The van der Waals surface area contributed by atoms with Crippen LogP contribution >= 0.6 is 0 Å². The number of likely N-dealkylation sites (N-methyl/N-ethyl adjacent to an activating group) is 1. The molecule has 6 nitrogen and oxygen atoms in total. The van der Waals surface area contributed by atoms with E-state index >= 15 is 0 Å². The zero-order chi connectivity index (χ0) is 30.6. The van der Waals surface area contributed by atoms with E-state index in [1.807, 2.05) is 33.8 Å². The van der Waals surface area contributed by atoms with Gasteiger partial charge in [-0.15, -0.1) is 0 Å². The van der Waals surface area contributed by atoms with Crippen molar-refractivity contribution in [3.63, 3.8) is 0 Å². The van der Waals surface area contributed by atoms with Gasteiger partial charge in [-0.25, -0.2) is 4.79 Å². The van der Waals surface area contributed by atoms with Crippen molar-refractivity contribution < 1.29 is 14.6 Å². The van der Waals surface area contributed by atoms with Crippen molar-refractivity contribution in [1.82, 2.24) is 14.4 Å². The maximum atomic E-state index is 12.0. The van der Waals surface area contributed by atoms with Crippen LogP contribution in [0.1, 0.15) is 107 Å². The highest BCUT2D eigenvalue weighted by molar-refractivity contribution is 5.98. The van der Waals surface area contributed by atoms with Crippen LogP contribution in [0.4, 0.5) is 0 Å². The maximum Gasteiger partial charge on any atom is 0.335 e. The molecule has 1 saturated heterocycles. The third-order valence-electron chi connectivity index (χ3n) is 9.52. The molecule has 1 N–H and O–H groups in total. The number of hydrogen-bond donors (Lipinski definition) is 1. The number of methoxy groups -OCH3 is 1. The Kier molecular flexibility index (Phi) is 10.4. The molecule has 1 aliphatic carbocycles. The number of hydrogen-bond acceptors (Lipinski definition) is 4. The Morgan fingerprint density at radius 2 is 1.76 bits per heavy atom. The van der Waals surface area contributed by atoms with Crippen molar-refractivity contribution >= 4 is 16.9 Å². The predicted octanol–water partition coefficient (Wildman–Crippen LogP) is 8.44. The van der Waals surface area contributed by atoms with E-state index in [-0.39, 0.29) is 11.5 Å². The smallest absolute Gasteiger partial charge is 0.335 e. The number of aromatic carboxylic acids is 1. The lowest BCUT2D eigenvalue weighted by molar-refractivity contribution is 0.0697. The number of rotatable bonds is 6. The Bertz CT molecular complexity index is 1370. The first-order chi connectivity index (χ1) is 20.3. The van der Waals surface area contributed by atoms with Gasteiger partial charge in [-0.2, -0.15) is 0 Å². The van der Waals surface area contributed by atoms with E-state index in [1.165, 1.54) is 59.9 Å². The molecule has 1 aromatic heterocycles. The molecule has 0 bridgehead atoms. The number of nitrogens with zero attached hydrogens (tertiary/aromatic N) is 3. The summed E-state index contributed by atoms with van der Waals surface area (Å²) in [5.74, 6) is 0.548. The molecule has 3 heterocycles. The first-order valence-electron chi connectivity index (χ1n) is 16.3. The first kappa shape index (κ1) is 32.1. The van der Waals surface area contributed by atoms with Crippen LogP contribution in [0.15, 0.2) is 36.4 Å². The summed E-state index contributed by atoms with van der Waals surface area (Å²) in [6.45, 7) is 14.4. The van der Waals surface area contributed by atoms with Crippen LogP contribution in [0.3, 0.4) is 0 Å². The Labute approximate surface area is 253 Å². The summed E-state index contributed by atoms with van der Waals surface area (Å²) in [5.41, 5.74) is 6.88. The molecule has 1 saturated carbocycles. The van der Waals surface area contributed by atoms with E-state index in [2.05, 4.69) is 59.7 Å². The summed E-state index contributed by atoms with van der Waals surface area (Å²) in [4.78, 5) is 17.0. The zero-order valence-corrected chi connectivity index (χ0v) is 27.3. The Balaban J connectivity index is 0.000000972. The topological polar surface area (TPSA) is 57.9 Å². The maximum absolute atomic E-state index is 12.0. The molecule has 42 heavy (non-hydrogen) atoms. The molecule has 2 aromatic carbocycles. The molecule has 2 aliphatic heterocycles. The Hall–Kier alpha value is -2.83. The molecular weight excluding hydrogens is 522 g/mol. The van der Waals surface area contributed by atoms with Crippen LogP contribution in [-0.4, -0.2) is 66.3 Å². The molecule has 2 fully saturated rings. The molecule has 6 heteroatoms. The molecule has 230 valence electrons. The second-order valence-electron chi connectivity index (χ2n) is 12.3. The van der Waals surface area contributed by atoms with Crippen LogP contribution in [0.5, 0.6) is 5.75 Å². The Morgan fingerprint density at radius 1 is 1.05 bits per heavy atom. The number of carboxylic acids is 1. The second-order valence-corrected chi connectivity index (χ2v) is 12.3. The van der Waals surface area contributed by atoms with E-state index in [0.717, 1.165) is 43.9 Å². The summed E-state index contributed by atoms with van der Waals surface area (Å²) in [6, 6.07) is 12.8. The third-order valence-corrected chi connectivity index (χ3v) is 9.52. The fourth-order valence-corrected chi connectivity index (χ4v) is 7.65. The molecule has 0 spiro atoms. The predicted molar refractivity (Wildman–Crippen MR) is 175 cm³/mol. The summed E-state index contributed by atoms with van der Waals surface area (Å²) < 4.78 is 8.28. The van der Waals surface area contributed by atoms with Gasteiger partial charge in [0.1, 0.15) is 5.75 Å². The summed E-state index contributed by atoms with van der Waals surface area (Å²) in [5, 5.41) is 11.1. The van der Waals surface area contributed by atoms with Gasteiger partial charge in [0.25, 0.3) is 0 Å². The van der Waals surface area contributed by atoms with Crippen LogP contribution in [0.2, 0.25) is 0 Å². The van der Waals surface area contributed by atoms with Gasteiger partial charge in [-0.3, -0.25) is 4.90 Å². The molecule has 0 amide bonds. The van der Waals surface area contributed by atoms with E-state index in [4.69, 9.17) is 4.74 Å². The number of likely N-dealkylation sites (tertiary alicyclic amines) is 1. The van der Waals surface area contributed by atoms with Gasteiger partial charge in [0.05, 0.1) is 18.4 Å². The minimum atomic E-state index is -0.861. The quantitative estimate of drug-likeness (QED) is 0.320. The van der Waals surface area contributed by atoms with Gasteiger partial charge >= 0.3 is 5.97 Å². The van der Waals surface area contributed by atoms with Crippen molar-refractivity contribution in [3.8, 4) is 17.0 Å².